The number of rotatable bonds is 4. The lowest BCUT2D eigenvalue weighted by Crippen LogP contribution is -2.38. The van der Waals surface area contributed by atoms with Crippen LogP contribution in [-0.4, -0.2) is 18.1 Å². The smallest absolute Gasteiger partial charge is 0.202 e. The number of nitrogens with zero attached hydrogens (tertiary/aromatic N) is 2. The van der Waals surface area contributed by atoms with E-state index in [1.54, 1.807) is 19.1 Å². The summed E-state index contributed by atoms with van der Waals surface area (Å²) in [6.45, 7) is 9.78. The second kappa shape index (κ2) is 8.67. The van der Waals surface area contributed by atoms with Gasteiger partial charge in [-0.15, -0.1) is 0 Å². The van der Waals surface area contributed by atoms with E-state index in [1.165, 1.54) is 12.1 Å². The number of halogens is 3. The van der Waals surface area contributed by atoms with Crippen LogP contribution in [0.2, 0.25) is 5.15 Å². The molecule has 1 saturated heterocycles. The van der Waals surface area contributed by atoms with Gasteiger partial charge in [0.1, 0.15) is 21.2 Å². The number of aromatic nitrogens is 1. The van der Waals surface area contributed by atoms with Crippen molar-refractivity contribution in [1.29, 1.82) is 0 Å². The fourth-order valence-corrected chi connectivity index (χ4v) is 4.83. The molecular weight excluding hydrogens is 497 g/mol. The van der Waals surface area contributed by atoms with E-state index in [4.69, 9.17) is 16.0 Å². The quantitative estimate of drug-likeness (QED) is 0.380. The van der Waals surface area contributed by atoms with Crippen LogP contribution in [0.25, 0.3) is 11.0 Å². The molecule has 3 aromatic rings. The molecule has 1 aromatic carbocycles. The van der Waals surface area contributed by atoms with Gasteiger partial charge in [0.15, 0.2) is 5.43 Å². The van der Waals surface area contributed by atoms with Gasteiger partial charge < -0.3 is 14.6 Å². The number of fused-ring (bicyclic) bond motifs is 1. The molecule has 0 aliphatic carbocycles. The minimum Gasteiger partial charge on any atom is -0.440 e. The van der Waals surface area contributed by atoms with E-state index in [2.05, 4.69) is 45.0 Å². The first-order chi connectivity index (χ1) is 15.1. The van der Waals surface area contributed by atoms with Crippen LogP contribution in [0, 0.1) is 18.2 Å². The molecule has 0 bridgehead atoms. The fourth-order valence-electron chi connectivity index (χ4n) is 4.14. The molecule has 8 heteroatoms. The maximum absolute atomic E-state index is 14.5. The molecule has 0 radical (unpaired) electrons. The molecule has 1 unspecified atom stereocenters. The van der Waals surface area contributed by atoms with Crippen LogP contribution in [0.15, 0.2) is 38.1 Å². The summed E-state index contributed by atoms with van der Waals surface area (Å²) in [5.74, 6) is 0.0982. The first-order valence-electron chi connectivity index (χ1n) is 10.7. The maximum Gasteiger partial charge on any atom is 0.202 e. The molecule has 4 rings (SSSR count). The fraction of sp³-hybridized carbons (Fsp3) is 0.417. The Morgan fingerprint density at radius 2 is 1.97 bits per heavy atom. The van der Waals surface area contributed by atoms with Gasteiger partial charge in [-0.1, -0.05) is 25.4 Å². The molecule has 0 saturated carbocycles. The number of nitrogens with one attached hydrogen (secondary N) is 1. The van der Waals surface area contributed by atoms with Gasteiger partial charge in [0.2, 0.25) is 5.88 Å². The number of benzene rings is 1. The van der Waals surface area contributed by atoms with Gasteiger partial charge in [-0.05, 0) is 72.3 Å². The molecule has 5 nitrogen and oxygen atoms in total. The summed E-state index contributed by atoms with van der Waals surface area (Å²) < 4.78 is 21.4. The Balaban J connectivity index is 1.78. The van der Waals surface area contributed by atoms with E-state index in [-0.39, 0.29) is 22.3 Å². The molecule has 1 fully saturated rings. The van der Waals surface area contributed by atoms with Crippen molar-refractivity contribution in [3.8, 4) is 0 Å². The second-order valence-corrected chi connectivity index (χ2v) is 10.4. The summed E-state index contributed by atoms with van der Waals surface area (Å²) >= 11 is 9.33. The Morgan fingerprint density at radius 1 is 1.28 bits per heavy atom. The zero-order valence-electron chi connectivity index (χ0n) is 18.6. The molecule has 1 N–H and O–H groups in total. The number of hydrogen-bond acceptors (Lipinski definition) is 5. The summed E-state index contributed by atoms with van der Waals surface area (Å²) in [6, 6.07) is 5.78. The zero-order chi connectivity index (χ0) is 23.2. The lowest BCUT2D eigenvalue weighted by Gasteiger charge is -2.37. The number of pyridine rings is 1. The molecule has 1 aliphatic heterocycles. The summed E-state index contributed by atoms with van der Waals surface area (Å²) in [5, 5.41) is 3.92. The van der Waals surface area contributed by atoms with Crippen molar-refractivity contribution < 1.29 is 8.81 Å². The van der Waals surface area contributed by atoms with Crippen LogP contribution >= 0.6 is 27.5 Å². The van der Waals surface area contributed by atoms with E-state index >= 15 is 0 Å². The van der Waals surface area contributed by atoms with Crippen molar-refractivity contribution in [3.63, 3.8) is 0 Å². The van der Waals surface area contributed by atoms with Crippen molar-refractivity contribution in [2.45, 2.75) is 46.6 Å². The Hall–Kier alpha value is -2.12. The highest BCUT2D eigenvalue weighted by molar-refractivity contribution is 9.10. The molecule has 3 heterocycles. The van der Waals surface area contributed by atoms with Gasteiger partial charge in [0, 0.05) is 18.7 Å². The Kier molecular flexibility index (Phi) is 6.25. The third-order valence-corrected chi connectivity index (χ3v) is 7.06. The van der Waals surface area contributed by atoms with E-state index in [0.717, 1.165) is 25.9 Å². The first-order valence-corrected chi connectivity index (χ1v) is 11.8. The van der Waals surface area contributed by atoms with Crippen molar-refractivity contribution in [3.05, 3.63) is 61.2 Å². The summed E-state index contributed by atoms with van der Waals surface area (Å²) in [6.07, 6.45) is 2.03. The Morgan fingerprint density at radius 3 is 2.62 bits per heavy atom. The zero-order valence-corrected chi connectivity index (χ0v) is 20.9. The maximum atomic E-state index is 14.5. The van der Waals surface area contributed by atoms with E-state index in [0.29, 0.717) is 38.0 Å². The lowest BCUT2D eigenvalue weighted by atomic mass is 9.82. The van der Waals surface area contributed by atoms with Gasteiger partial charge in [-0.3, -0.25) is 4.79 Å². The van der Waals surface area contributed by atoms with Crippen LogP contribution in [-0.2, 0) is 0 Å². The number of anilines is 2. The predicted octanol–water partition coefficient (Wildman–Crippen LogP) is 6.85. The lowest BCUT2D eigenvalue weighted by molar-refractivity contribution is 0.274. The van der Waals surface area contributed by atoms with E-state index in [1.807, 2.05) is 6.92 Å². The highest BCUT2D eigenvalue weighted by Crippen LogP contribution is 2.36. The van der Waals surface area contributed by atoms with Gasteiger partial charge in [0.25, 0.3) is 0 Å². The molecule has 1 atom stereocenters. The largest absolute Gasteiger partial charge is 0.440 e. The summed E-state index contributed by atoms with van der Waals surface area (Å²) in [7, 11) is 0. The van der Waals surface area contributed by atoms with E-state index < -0.39 is 5.82 Å². The van der Waals surface area contributed by atoms with Crippen molar-refractivity contribution in [2.75, 3.05) is 23.3 Å². The second-order valence-electron chi connectivity index (χ2n) is 9.22. The van der Waals surface area contributed by atoms with Gasteiger partial charge in [-0.2, -0.15) is 0 Å². The molecule has 170 valence electrons. The molecule has 0 amide bonds. The minimum absolute atomic E-state index is 0.201. The molecule has 0 spiro atoms. The summed E-state index contributed by atoms with van der Waals surface area (Å²) in [4.78, 5) is 19.5. The Labute approximate surface area is 200 Å². The summed E-state index contributed by atoms with van der Waals surface area (Å²) in [5.41, 5.74) is 2.26. The average molecular weight is 523 g/mol. The first kappa shape index (κ1) is 23.1. The van der Waals surface area contributed by atoms with Crippen LogP contribution in [0.5, 0.6) is 0 Å². The highest BCUT2D eigenvalue weighted by atomic mass is 79.9. The normalized spacial score (nSPS) is 16.9. The van der Waals surface area contributed by atoms with Crippen molar-refractivity contribution >= 4 is 50.1 Å². The van der Waals surface area contributed by atoms with Gasteiger partial charge >= 0.3 is 0 Å². The molecular formula is C24H26BrClFN3O2. The highest BCUT2D eigenvalue weighted by Gasteiger charge is 2.29. The molecule has 1 aliphatic rings. The van der Waals surface area contributed by atoms with E-state index in [9.17, 15) is 9.18 Å². The standard InChI is InChI=1S/C24H26BrClFN3O2/c1-13-20(31)17-12-15(27)11-16(14(2)28-18-5-6-19(26)29-22(18)25)21(17)32-23(13)30-9-7-24(3,4)8-10-30/h5-6,11-12,14,28H,7-10H2,1-4H3. The van der Waals surface area contributed by atoms with Gasteiger partial charge in [-0.25, -0.2) is 9.37 Å². The third kappa shape index (κ3) is 4.50. The average Bonchev–Trinajstić information content (AvgIpc) is 2.73. The van der Waals surface area contributed by atoms with Crippen molar-refractivity contribution in [2.24, 2.45) is 5.41 Å². The number of piperidine rings is 1. The van der Waals surface area contributed by atoms with Crippen LogP contribution in [0.3, 0.4) is 0 Å². The van der Waals surface area contributed by atoms with Crippen LogP contribution in [0.4, 0.5) is 16.0 Å². The van der Waals surface area contributed by atoms with Gasteiger partial charge in [0.05, 0.1) is 22.7 Å². The SMILES string of the molecule is Cc1c(N2CCC(C)(C)CC2)oc2c(C(C)Nc3ccc(Cl)nc3Br)cc(F)cc2c1=O. The monoisotopic (exact) mass is 521 g/mol. The number of hydrogen-bond donors (Lipinski definition) is 1. The minimum atomic E-state index is -0.478. The third-order valence-electron chi connectivity index (χ3n) is 6.24. The molecule has 32 heavy (non-hydrogen) atoms. The van der Waals surface area contributed by atoms with Crippen molar-refractivity contribution in [1.82, 2.24) is 4.98 Å². The molecule has 2 aromatic heterocycles. The Bertz CT molecular complexity index is 1230. The topological polar surface area (TPSA) is 58.4 Å². The predicted molar refractivity (Wildman–Crippen MR) is 131 cm³/mol. The van der Waals surface area contributed by atoms with Crippen LogP contribution < -0.4 is 15.6 Å². The van der Waals surface area contributed by atoms with Crippen LogP contribution in [0.1, 0.15) is 50.8 Å².